The molecule has 21 heavy (non-hydrogen) atoms. The minimum absolute atomic E-state index is 0.256. The maximum absolute atomic E-state index is 12.3. The van der Waals surface area contributed by atoms with E-state index in [4.69, 9.17) is 0 Å². The highest BCUT2D eigenvalue weighted by atomic mass is 16.2. The fourth-order valence-corrected chi connectivity index (χ4v) is 2.65. The lowest BCUT2D eigenvalue weighted by Gasteiger charge is -2.34. The summed E-state index contributed by atoms with van der Waals surface area (Å²) in [7, 11) is 0. The quantitative estimate of drug-likeness (QED) is 0.681. The Morgan fingerprint density at radius 3 is 2.86 bits per heavy atom. The molecule has 0 bridgehead atoms. The number of hydrogen-bond acceptors (Lipinski definition) is 5. The zero-order valence-corrected chi connectivity index (χ0v) is 12.6. The second-order valence-corrected chi connectivity index (χ2v) is 6.01. The summed E-state index contributed by atoms with van der Waals surface area (Å²) in [4.78, 5) is 14.3. The van der Waals surface area contributed by atoms with E-state index in [1.165, 1.54) is 6.42 Å². The van der Waals surface area contributed by atoms with E-state index in [1.807, 2.05) is 24.8 Å². The molecule has 1 aliphatic heterocycles. The monoisotopic (exact) mass is 287 g/mol. The number of nitrogens with one attached hydrogen (secondary N) is 1. The molecule has 6 heteroatoms. The smallest absolute Gasteiger partial charge is 0.225 e. The predicted octanol–water partition coefficient (Wildman–Crippen LogP) is 1.97. The number of carbonyl (C=O) groups excluding carboxylic acids is 1. The van der Waals surface area contributed by atoms with Crippen LogP contribution in [-0.2, 0) is 17.8 Å². The molecule has 0 radical (unpaired) electrons. The first kappa shape index (κ1) is 14.0. The van der Waals surface area contributed by atoms with Gasteiger partial charge in [-0.15, -0.1) is 5.10 Å². The van der Waals surface area contributed by atoms with Gasteiger partial charge in [0.05, 0.1) is 5.69 Å². The van der Waals surface area contributed by atoms with Crippen LogP contribution in [0, 0.1) is 5.92 Å². The topological polar surface area (TPSA) is 70.5 Å². The molecule has 1 saturated carbocycles. The maximum Gasteiger partial charge on any atom is 0.225 e. The van der Waals surface area contributed by atoms with E-state index in [1.54, 1.807) is 0 Å². The first-order chi connectivity index (χ1) is 10.1. The summed E-state index contributed by atoms with van der Waals surface area (Å²) in [6.07, 6.45) is 4.08. The Labute approximate surface area is 124 Å². The lowest BCUT2D eigenvalue weighted by Crippen LogP contribution is -2.42. The van der Waals surface area contributed by atoms with Gasteiger partial charge in [0.1, 0.15) is 0 Å². The third-order valence-electron chi connectivity index (χ3n) is 4.10. The predicted molar refractivity (Wildman–Crippen MR) is 80.9 cm³/mol. The Morgan fingerprint density at radius 2 is 2.19 bits per heavy atom. The number of fused-ring (bicyclic) bond motifs is 1. The average molecular weight is 287 g/mol. The Morgan fingerprint density at radius 1 is 1.38 bits per heavy atom. The van der Waals surface area contributed by atoms with Crippen molar-refractivity contribution in [3.63, 3.8) is 0 Å². The molecule has 0 unspecified atom stereocenters. The lowest BCUT2D eigenvalue weighted by atomic mass is 9.84. The van der Waals surface area contributed by atoms with Crippen molar-refractivity contribution in [2.75, 3.05) is 12.0 Å². The van der Waals surface area contributed by atoms with E-state index in [0.717, 1.165) is 42.8 Å². The molecule has 1 aromatic rings. The van der Waals surface area contributed by atoms with Crippen LogP contribution in [0.15, 0.2) is 11.2 Å². The Balaban J connectivity index is 1.72. The minimum atomic E-state index is 0.256. The van der Waals surface area contributed by atoms with Gasteiger partial charge >= 0.3 is 0 Å². The summed E-state index contributed by atoms with van der Waals surface area (Å²) < 4.78 is 0. The number of nitrogens with zero attached hydrogens (tertiary/aromatic N) is 4. The van der Waals surface area contributed by atoms with Gasteiger partial charge in [-0.05, 0) is 38.3 Å². The van der Waals surface area contributed by atoms with Gasteiger partial charge in [-0.2, -0.15) is 10.2 Å². The van der Waals surface area contributed by atoms with Crippen LogP contribution in [0.25, 0.3) is 0 Å². The van der Waals surface area contributed by atoms with Crippen molar-refractivity contribution in [2.24, 2.45) is 11.0 Å². The molecule has 112 valence electrons. The van der Waals surface area contributed by atoms with Crippen LogP contribution in [0.5, 0.6) is 0 Å². The van der Waals surface area contributed by atoms with Gasteiger partial charge in [-0.1, -0.05) is 6.42 Å². The molecule has 2 aliphatic rings. The van der Waals surface area contributed by atoms with Crippen LogP contribution in [0.1, 0.15) is 44.4 Å². The van der Waals surface area contributed by atoms with Crippen molar-refractivity contribution in [1.29, 1.82) is 0 Å². The number of amides is 1. The Hall–Kier alpha value is -1.98. The van der Waals surface area contributed by atoms with E-state index in [-0.39, 0.29) is 5.92 Å². The van der Waals surface area contributed by atoms with E-state index in [0.29, 0.717) is 18.3 Å². The summed E-state index contributed by atoms with van der Waals surface area (Å²) >= 11 is 0. The summed E-state index contributed by atoms with van der Waals surface area (Å²) in [5.74, 6) is 1.19. The molecule has 3 rings (SSSR count). The SMILES string of the molecule is CC(C)=NNc1cc2c(nn1)CCN(C(=O)C1CCC1)C2. The Bertz CT molecular complexity index is 575. The third-order valence-corrected chi connectivity index (χ3v) is 4.10. The molecule has 1 fully saturated rings. The largest absolute Gasteiger partial charge is 0.338 e. The molecule has 0 spiro atoms. The molecule has 1 N–H and O–H groups in total. The zero-order valence-electron chi connectivity index (χ0n) is 12.6. The zero-order chi connectivity index (χ0) is 14.8. The van der Waals surface area contributed by atoms with E-state index >= 15 is 0 Å². The minimum Gasteiger partial charge on any atom is -0.338 e. The van der Waals surface area contributed by atoms with Gasteiger partial charge in [-0.25, -0.2) is 0 Å². The highest BCUT2D eigenvalue weighted by molar-refractivity contribution is 5.80. The van der Waals surface area contributed by atoms with E-state index in [2.05, 4.69) is 20.7 Å². The molecule has 6 nitrogen and oxygen atoms in total. The van der Waals surface area contributed by atoms with Crippen LogP contribution < -0.4 is 5.43 Å². The standard InChI is InChI=1S/C15H21N5O/c1-10(2)16-18-14-8-12-9-20(7-6-13(12)17-19-14)15(21)11-4-3-5-11/h8,11H,3-7,9H2,1-2H3,(H,18,19). The molecule has 1 aliphatic carbocycles. The fourth-order valence-electron chi connectivity index (χ4n) is 2.65. The van der Waals surface area contributed by atoms with Crippen molar-refractivity contribution in [3.8, 4) is 0 Å². The van der Waals surface area contributed by atoms with Gasteiger partial charge in [-0.3, -0.25) is 10.2 Å². The molecule has 0 aromatic carbocycles. The van der Waals surface area contributed by atoms with Gasteiger partial charge in [0.15, 0.2) is 5.82 Å². The number of rotatable bonds is 3. The van der Waals surface area contributed by atoms with Gasteiger partial charge < -0.3 is 4.90 Å². The van der Waals surface area contributed by atoms with Crippen molar-refractivity contribution in [3.05, 3.63) is 17.3 Å². The highest BCUT2D eigenvalue weighted by Crippen LogP contribution is 2.30. The molecular weight excluding hydrogens is 266 g/mol. The molecule has 0 atom stereocenters. The third kappa shape index (κ3) is 3.04. The first-order valence-corrected chi connectivity index (χ1v) is 7.54. The van der Waals surface area contributed by atoms with Crippen LogP contribution >= 0.6 is 0 Å². The Kier molecular flexibility index (Phi) is 3.86. The van der Waals surface area contributed by atoms with Crippen molar-refractivity contribution >= 4 is 17.4 Å². The van der Waals surface area contributed by atoms with Crippen molar-refractivity contribution < 1.29 is 4.79 Å². The van der Waals surface area contributed by atoms with Crippen LogP contribution in [0.4, 0.5) is 5.82 Å². The fraction of sp³-hybridized carbons (Fsp3) is 0.600. The maximum atomic E-state index is 12.3. The van der Waals surface area contributed by atoms with E-state index < -0.39 is 0 Å². The first-order valence-electron chi connectivity index (χ1n) is 7.54. The summed E-state index contributed by atoms with van der Waals surface area (Å²) in [5.41, 5.74) is 5.90. The van der Waals surface area contributed by atoms with Crippen LogP contribution in [-0.4, -0.2) is 33.3 Å². The van der Waals surface area contributed by atoms with E-state index in [9.17, 15) is 4.79 Å². The second-order valence-electron chi connectivity index (χ2n) is 6.01. The molecule has 0 saturated heterocycles. The van der Waals surface area contributed by atoms with Gasteiger partial charge in [0.2, 0.25) is 5.91 Å². The van der Waals surface area contributed by atoms with Crippen molar-refractivity contribution in [2.45, 2.75) is 46.1 Å². The van der Waals surface area contributed by atoms with Crippen molar-refractivity contribution in [1.82, 2.24) is 15.1 Å². The number of carbonyl (C=O) groups is 1. The van der Waals surface area contributed by atoms with Gasteiger partial charge in [0, 0.05) is 31.1 Å². The number of anilines is 1. The number of aromatic nitrogens is 2. The highest BCUT2D eigenvalue weighted by Gasteiger charge is 2.31. The lowest BCUT2D eigenvalue weighted by molar-refractivity contribution is -0.139. The summed E-state index contributed by atoms with van der Waals surface area (Å²) in [6, 6.07) is 1.95. The second kappa shape index (κ2) is 5.79. The summed E-state index contributed by atoms with van der Waals surface area (Å²) in [5, 5.41) is 12.5. The normalized spacial score (nSPS) is 17.7. The van der Waals surface area contributed by atoms with Crippen LogP contribution in [0.3, 0.4) is 0 Å². The number of hydrogen-bond donors (Lipinski definition) is 1. The molecule has 1 aromatic heterocycles. The summed E-state index contributed by atoms with van der Waals surface area (Å²) in [6.45, 7) is 5.23. The molecular formula is C15H21N5O. The number of hydrazone groups is 1. The van der Waals surface area contributed by atoms with Crippen LogP contribution in [0.2, 0.25) is 0 Å². The van der Waals surface area contributed by atoms with Gasteiger partial charge in [0.25, 0.3) is 0 Å². The molecule has 1 amide bonds. The average Bonchev–Trinajstić information content (AvgIpc) is 2.42. The molecule has 2 heterocycles.